The summed E-state index contributed by atoms with van der Waals surface area (Å²) in [6, 6.07) is 5.43. The maximum Gasteiger partial charge on any atom is 0.308 e. The van der Waals surface area contributed by atoms with Crippen molar-refractivity contribution in [3.8, 4) is 0 Å². The Hall–Kier alpha value is -2.22. The van der Waals surface area contributed by atoms with Gasteiger partial charge in [-0.05, 0) is 61.8 Å². The Bertz CT molecular complexity index is 858. The average molecular weight is 463 g/mol. The highest BCUT2D eigenvalue weighted by Crippen LogP contribution is 2.56. The zero-order chi connectivity index (χ0) is 20.7. The van der Waals surface area contributed by atoms with Crippen molar-refractivity contribution in [2.75, 3.05) is 18.5 Å². The molecule has 3 aliphatic rings. The number of hydrogen-bond acceptors (Lipinski definition) is 5. The number of hydrogen-bond donors (Lipinski definition) is 1. The highest BCUT2D eigenvalue weighted by Gasteiger charge is 2.60. The number of amides is 3. The van der Waals surface area contributed by atoms with Crippen LogP contribution in [0.15, 0.2) is 22.7 Å². The van der Waals surface area contributed by atoms with Crippen LogP contribution in [-0.4, -0.2) is 41.7 Å². The predicted octanol–water partition coefficient (Wildman–Crippen LogP) is 2.66. The second-order valence-electron chi connectivity index (χ2n) is 8.13. The number of carbonyl (C=O) groups excluding carboxylic acids is 4. The largest absolute Gasteiger partial charge is 0.456 e. The van der Waals surface area contributed by atoms with Crippen molar-refractivity contribution in [2.24, 2.45) is 23.7 Å². The number of anilines is 1. The molecule has 29 heavy (non-hydrogen) atoms. The monoisotopic (exact) mass is 462 g/mol. The van der Waals surface area contributed by atoms with Crippen molar-refractivity contribution in [1.82, 2.24) is 4.90 Å². The van der Waals surface area contributed by atoms with Crippen LogP contribution in [0.1, 0.15) is 31.2 Å². The van der Waals surface area contributed by atoms with Crippen LogP contribution >= 0.6 is 15.9 Å². The van der Waals surface area contributed by atoms with Crippen molar-refractivity contribution in [2.45, 2.75) is 32.6 Å². The van der Waals surface area contributed by atoms with Gasteiger partial charge in [-0.2, -0.15) is 0 Å². The number of nitrogens with one attached hydrogen (secondary N) is 1. The smallest absolute Gasteiger partial charge is 0.308 e. The van der Waals surface area contributed by atoms with Gasteiger partial charge in [-0.25, -0.2) is 0 Å². The molecule has 1 aromatic carbocycles. The van der Waals surface area contributed by atoms with Crippen molar-refractivity contribution < 1.29 is 23.9 Å². The number of aryl methyl sites for hydroxylation is 1. The van der Waals surface area contributed by atoms with E-state index in [4.69, 9.17) is 4.74 Å². The summed E-state index contributed by atoms with van der Waals surface area (Å²) in [4.78, 5) is 50.5. The molecule has 1 N–H and O–H groups in total. The van der Waals surface area contributed by atoms with Gasteiger partial charge < -0.3 is 10.1 Å². The van der Waals surface area contributed by atoms with Gasteiger partial charge in [0.15, 0.2) is 6.61 Å². The Kier molecular flexibility index (Phi) is 5.46. The number of imide groups is 1. The van der Waals surface area contributed by atoms with Crippen molar-refractivity contribution >= 4 is 45.3 Å². The van der Waals surface area contributed by atoms with Gasteiger partial charge in [0.2, 0.25) is 11.8 Å². The molecule has 1 heterocycles. The lowest BCUT2D eigenvalue weighted by molar-refractivity contribution is -0.149. The summed E-state index contributed by atoms with van der Waals surface area (Å²) in [5.41, 5.74) is 1.52. The lowest BCUT2D eigenvalue weighted by atomic mass is 9.81. The number of nitrogens with zero attached hydrogens (tertiary/aromatic N) is 1. The minimum Gasteiger partial charge on any atom is -0.456 e. The van der Waals surface area contributed by atoms with Crippen LogP contribution in [0.2, 0.25) is 0 Å². The number of esters is 1. The quantitative estimate of drug-likeness (QED) is 0.518. The van der Waals surface area contributed by atoms with Crippen LogP contribution in [0.4, 0.5) is 5.69 Å². The molecule has 2 aliphatic carbocycles. The van der Waals surface area contributed by atoms with E-state index in [0.717, 1.165) is 29.3 Å². The Morgan fingerprint density at radius 3 is 2.45 bits per heavy atom. The van der Waals surface area contributed by atoms with Crippen LogP contribution in [0.5, 0.6) is 0 Å². The molecular weight excluding hydrogens is 440 g/mol. The van der Waals surface area contributed by atoms with Crippen LogP contribution in [0.3, 0.4) is 0 Å². The van der Waals surface area contributed by atoms with Crippen LogP contribution < -0.4 is 5.32 Å². The molecule has 154 valence electrons. The van der Waals surface area contributed by atoms with Crippen molar-refractivity contribution in [3.05, 3.63) is 28.2 Å². The van der Waals surface area contributed by atoms with E-state index in [1.807, 2.05) is 13.0 Å². The third-order valence-corrected chi connectivity index (χ3v) is 6.88. The second-order valence-corrected chi connectivity index (χ2v) is 9.05. The van der Waals surface area contributed by atoms with Crippen LogP contribution in [0, 0.1) is 30.6 Å². The van der Waals surface area contributed by atoms with Crippen LogP contribution in [0.25, 0.3) is 0 Å². The second kappa shape index (κ2) is 7.89. The zero-order valence-electron chi connectivity index (χ0n) is 16.2. The summed E-state index contributed by atoms with van der Waals surface area (Å²) in [5.74, 6) is -1.04. The van der Waals surface area contributed by atoms with Crippen molar-refractivity contribution in [3.63, 3.8) is 0 Å². The summed E-state index contributed by atoms with van der Waals surface area (Å²) >= 11 is 3.36. The molecule has 0 unspecified atom stereocenters. The summed E-state index contributed by atoms with van der Waals surface area (Å²) < 4.78 is 5.91. The summed E-state index contributed by atoms with van der Waals surface area (Å²) in [7, 11) is 0. The maximum absolute atomic E-state index is 12.6. The first-order valence-electron chi connectivity index (χ1n) is 9.92. The molecule has 2 bridgehead atoms. The molecule has 7 nitrogen and oxygen atoms in total. The predicted molar refractivity (Wildman–Crippen MR) is 108 cm³/mol. The third-order valence-electron chi connectivity index (χ3n) is 6.39. The molecular formula is C21H23BrN2O5. The zero-order valence-corrected chi connectivity index (χ0v) is 17.7. The van der Waals surface area contributed by atoms with Crippen molar-refractivity contribution in [1.29, 1.82) is 0 Å². The highest BCUT2D eigenvalue weighted by molar-refractivity contribution is 9.10. The van der Waals surface area contributed by atoms with Gasteiger partial charge in [0.25, 0.3) is 5.91 Å². The molecule has 4 rings (SSSR count). The number of likely N-dealkylation sites (tertiary alicyclic amines) is 1. The first-order chi connectivity index (χ1) is 13.8. The minimum atomic E-state index is -0.603. The molecule has 0 aromatic heterocycles. The number of ether oxygens (including phenoxy) is 1. The molecule has 3 amide bonds. The van der Waals surface area contributed by atoms with E-state index < -0.39 is 18.5 Å². The van der Waals surface area contributed by atoms with E-state index in [1.165, 1.54) is 4.90 Å². The number of benzene rings is 1. The fourth-order valence-corrected chi connectivity index (χ4v) is 5.54. The first-order valence-corrected chi connectivity index (χ1v) is 10.7. The summed E-state index contributed by atoms with van der Waals surface area (Å²) in [6.07, 6.45) is 2.92. The average Bonchev–Trinajstić information content (AvgIpc) is 3.35. The van der Waals surface area contributed by atoms with Gasteiger partial charge in [0, 0.05) is 16.7 Å². The lowest BCUT2D eigenvalue weighted by Gasteiger charge is -2.19. The first kappa shape index (κ1) is 20.1. The van der Waals surface area contributed by atoms with Gasteiger partial charge >= 0.3 is 5.97 Å². The number of fused-ring (bicyclic) bond motifs is 5. The lowest BCUT2D eigenvalue weighted by Crippen LogP contribution is -2.35. The molecule has 2 saturated carbocycles. The van der Waals surface area contributed by atoms with Gasteiger partial charge in [-0.1, -0.05) is 15.9 Å². The Labute approximate surface area is 177 Å². The Morgan fingerprint density at radius 1 is 1.17 bits per heavy atom. The van der Waals surface area contributed by atoms with E-state index in [2.05, 4.69) is 21.2 Å². The van der Waals surface area contributed by atoms with E-state index in [1.54, 1.807) is 12.1 Å². The molecule has 0 spiro atoms. The van der Waals surface area contributed by atoms with E-state index in [9.17, 15) is 19.2 Å². The SMILES string of the molecule is Cc1cc(Br)ccc1NC(=O)COC(=O)CCN1C(=O)[C@@H]2[C@H]3CC[C@@H](C3)[C@@H]2C1=O. The summed E-state index contributed by atoms with van der Waals surface area (Å²) in [6.45, 7) is 1.47. The van der Waals surface area contributed by atoms with E-state index in [0.29, 0.717) is 17.5 Å². The molecule has 1 aliphatic heterocycles. The molecule has 1 saturated heterocycles. The van der Waals surface area contributed by atoms with Gasteiger partial charge in [-0.15, -0.1) is 0 Å². The van der Waals surface area contributed by atoms with Crippen LogP contribution in [-0.2, 0) is 23.9 Å². The Morgan fingerprint density at radius 2 is 1.83 bits per heavy atom. The van der Waals surface area contributed by atoms with Gasteiger partial charge in [0.1, 0.15) is 0 Å². The minimum absolute atomic E-state index is 0.0242. The van der Waals surface area contributed by atoms with E-state index in [-0.39, 0.29) is 36.6 Å². The molecule has 0 radical (unpaired) electrons. The standard InChI is InChI=1S/C21H23BrN2O5/c1-11-8-14(22)4-5-15(11)23-16(25)10-29-17(26)6-7-24-20(27)18-12-2-3-13(9-12)19(18)21(24)28/h4-5,8,12-13,18-19H,2-3,6-7,9-10H2,1H3,(H,23,25)/t12-,13-,18-,19+/m0/s1. The van der Waals surface area contributed by atoms with E-state index >= 15 is 0 Å². The summed E-state index contributed by atoms with van der Waals surface area (Å²) in [5, 5.41) is 2.69. The Balaban J connectivity index is 1.24. The van der Waals surface area contributed by atoms with Gasteiger partial charge in [0.05, 0.1) is 18.3 Å². The highest BCUT2D eigenvalue weighted by atomic mass is 79.9. The molecule has 1 aromatic rings. The molecule has 3 fully saturated rings. The van der Waals surface area contributed by atoms with Gasteiger partial charge in [-0.3, -0.25) is 24.1 Å². The topological polar surface area (TPSA) is 92.8 Å². The normalized spacial score (nSPS) is 27.3. The third kappa shape index (κ3) is 3.82. The number of carbonyl (C=O) groups is 4. The number of halogens is 1. The molecule has 8 heteroatoms. The fourth-order valence-electron chi connectivity index (χ4n) is 5.07. The fraction of sp³-hybridized carbons (Fsp3) is 0.524. The maximum atomic E-state index is 12.6. The number of rotatable bonds is 6. The molecule has 4 atom stereocenters.